The van der Waals surface area contributed by atoms with Gasteiger partial charge in [-0.3, -0.25) is 0 Å². The molecule has 0 unspecified atom stereocenters. The molecule has 0 aromatic heterocycles. The third kappa shape index (κ3) is 3.10. The first-order chi connectivity index (χ1) is 11.8. The average molecular weight is 320 g/mol. The second-order valence-corrected chi connectivity index (χ2v) is 6.45. The van der Waals surface area contributed by atoms with Crippen molar-refractivity contribution in [1.82, 2.24) is 0 Å². The van der Waals surface area contributed by atoms with Crippen LogP contribution in [-0.2, 0) is 0 Å². The largest absolute Gasteiger partial charge is 0.440 e. The van der Waals surface area contributed by atoms with Crippen molar-refractivity contribution in [3.05, 3.63) is 53.4 Å². The molecule has 0 saturated heterocycles. The lowest BCUT2D eigenvalue weighted by atomic mass is 9.82. The highest BCUT2D eigenvalue weighted by Crippen LogP contribution is 2.44. The second kappa shape index (κ2) is 7.40. The molecular formula is C21H24N2O. The Morgan fingerprint density at radius 3 is 2.67 bits per heavy atom. The van der Waals surface area contributed by atoms with E-state index in [4.69, 9.17) is 10.5 Å². The first-order valence-electron chi connectivity index (χ1n) is 8.85. The van der Waals surface area contributed by atoms with Crippen LogP contribution in [0.15, 0.2) is 47.9 Å². The van der Waals surface area contributed by atoms with E-state index in [9.17, 15) is 5.26 Å². The highest BCUT2D eigenvalue weighted by molar-refractivity contribution is 5.89. The molecule has 0 aliphatic carbocycles. The molecule has 0 spiro atoms. The molecule has 1 heterocycles. The van der Waals surface area contributed by atoms with Crippen molar-refractivity contribution in [2.75, 3.05) is 0 Å². The van der Waals surface area contributed by atoms with Crippen molar-refractivity contribution in [2.24, 2.45) is 5.73 Å². The number of unbranched alkanes of at least 4 members (excludes halogenated alkanes) is 4. The summed E-state index contributed by atoms with van der Waals surface area (Å²) in [6.07, 6.45) is 7.01. The summed E-state index contributed by atoms with van der Waals surface area (Å²) in [6.45, 7) is 2.22. The van der Waals surface area contributed by atoms with Gasteiger partial charge in [-0.25, -0.2) is 0 Å². The van der Waals surface area contributed by atoms with Crippen molar-refractivity contribution < 1.29 is 4.74 Å². The van der Waals surface area contributed by atoms with Crippen LogP contribution in [0.2, 0.25) is 0 Å². The number of rotatable bonds is 6. The number of nitriles is 1. The van der Waals surface area contributed by atoms with Crippen molar-refractivity contribution in [2.45, 2.75) is 51.4 Å². The van der Waals surface area contributed by atoms with Gasteiger partial charge in [-0.15, -0.1) is 0 Å². The number of hydrogen-bond donors (Lipinski definition) is 1. The standard InChI is InChI=1S/C21H24N2O/c1-2-3-4-5-6-11-17-18(14-22)21(23)24-19-13-12-15-9-7-8-10-16(15)20(17)19/h7-10,12-13,17H,2-6,11,23H2,1H3/t17-/m1/s1. The maximum Gasteiger partial charge on any atom is 0.205 e. The summed E-state index contributed by atoms with van der Waals surface area (Å²) < 4.78 is 5.75. The highest BCUT2D eigenvalue weighted by Gasteiger charge is 2.30. The van der Waals surface area contributed by atoms with Crippen LogP contribution in [0.4, 0.5) is 0 Å². The van der Waals surface area contributed by atoms with Crippen molar-refractivity contribution in [3.8, 4) is 11.8 Å². The number of allylic oxidation sites excluding steroid dienone is 1. The van der Waals surface area contributed by atoms with E-state index >= 15 is 0 Å². The monoisotopic (exact) mass is 320 g/mol. The van der Waals surface area contributed by atoms with Crippen LogP contribution in [0.25, 0.3) is 10.8 Å². The van der Waals surface area contributed by atoms with E-state index in [0.29, 0.717) is 5.57 Å². The van der Waals surface area contributed by atoms with Crippen molar-refractivity contribution in [1.29, 1.82) is 5.26 Å². The molecule has 2 N–H and O–H groups in total. The Balaban J connectivity index is 1.96. The molecule has 3 heteroatoms. The van der Waals surface area contributed by atoms with Gasteiger partial charge in [0.25, 0.3) is 0 Å². The zero-order chi connectivity index (χ0) is 16.9. The molecule has 124 valence electrons. The van der Waals surface area contributed by atoms with Crippen LogP contribution in [0.5, 0.6) is 5.75 Å². The molecule has 0 bridgehead atoms. The molecule has 0 radical (unpaired) electrons. The predicted molar refractivity (Wildman–Crippen MR) is 97.5 cm³/mol. The van der Waals surface area contributed by atoms with Gasteiger partial charge in [0, 0.05) is 11.5 Å². The Bertz CT molecular complexity index is 801. The van der Waals surface area contributed by atoms with Crippen molar-refractivity contribution in [3.63, 3.8) is 0 Å². The van der Waals surface area contributed by atoms with Gasteiger partial charge in [-0.1, -0.05) is 69.4 Å². The van der Waals surface area contributed by atoms with Crippen LogP contribution in [0.1, 0.15) is 56.9 Å². The molecule has 3 rings (SSSR count). The molecule has 1 aliphatic rings. The zero-order valence-electron chi connectivity index (χ0n) is 14.2. The minimum atomic E-state index is 0.0338. The molecule has 3 nitrogen and oxygen atoms in total. The van der Waals surface area contributed by atoms with E-state index in [1.807, 2.05) is 18.2 Å². The van der Waals surface area contributed by atoms with Crippen LogP contribution in [0.3, 0.4) is 0 Å². The minimum absolute atomic E-state index is 0.0338. The third-order valence-electron chi connectivity index (χ3n) is 4.83. The molecule has 24 heavy (non-hydrogen) atoms. The number of benzene rings is 2. The summed E-state index contributed by atoms with van der Waals surface area (Å²) in [5.74, 6) is 1.09. The fraction of sp³-hybridized carbons (Fsp3) is 0.381. The van der Waals surface area contributed by atoms with E-state index in [-0.39, 0.29) is 11.8 Å². The number of hydrogen-bond acceptors (Lipinski definition) is 3. The maximum atomic E-state index is 9.60. The molecular weight excluding hydrogens is 296 g/mol. The molecule has 1 atom stereocenters. The Hall–Kier alpha value is -2.47. The summed E-state index contributed by atoms with van der Waals surface area (Å²) >= 11 is 0. The van der Waals surface area contributed by atoms with E-state index in [1.54, 1.807) is 0 Å². The number of nitrogens with zero attached hydrogens (tertiary/aromatic N) is 1. The smallest absolute Gasteiger partial charge is 0.205 e. The van der Waals surface area contributed by atoms with Gasteiger partial charge in [0.1, 0.15) is 11.8 Å². The summed E-state index contributed by atoms with van der Waals surface area (Å²) in [6, 6.07) is 14.6. The lowest BCUT2D eigenvalue weighted by Gasteiger charge is -2.27. The van der Waals surface area contributed by atoms with E-state index in [1.165, 1.54) is 31.1 Å². The predicted octanol–water partition coefficient (Wildman–Crippen LogP) is 5.37. The Labute approximate surface area is 143 Å². The van der Waals surface area contributed by atoms with E-state index in [2.05, 4.69) is 31.2 Å². The Kier molecular flexibility index (Phi) is 5.05. The number of fused-ring (bicyclic) bond motifs is 3. The van der Waals surface area contributed by atoms with Gasteiger partial charge in [0.2, 0.25) is 5.88 Å². The van der Waals surface area contributed by atoms with Crippen LogP contribution < -0.4 is 10.5 Å². The van der Waals surface area contributed by atoms with Crippen LogP contribution >= 0.6 is 0 Å². The lowest BCUT2D eigenvalue weighted by molar-refractivity contribution is 0.384. The molecule has 2 aromatic carbocycles. The summed E-state index contributed by atoms with van der Waals surface area (Å²) in [4.78, 5) is 0. The van der Waals surface area contributed by atoms with Crippen molar-refractivity contribution >= 4 is 10.8 Å². The lowest BCUT2D eigenvalue weighted by Crippen LogP contribution is -2.20. The fourth-order valence-corrected chi connectivity index (χ4v) is 3.59. The maximum absolute atomic E-state index is 9.60. The first kappa shape index (κ1) is 16.4. The Morgan fingerprint density at radius 2 is 1.88 bits per heavy atom. The summed E-state index contributed by atoms with van der Waals surface area (Å²) in [5, 5.41) is 11.9. The zero-order valence-corrected chi connectivity index (χ0v) is 14.2. The summed E-state index contributed by atoms with van der Waals surface area (Å²) in [5.41, 5.74) is 7.72. The van der Waals surface area contributed by atoms with Crippen LogP contribution in [-0.4, -0.2) is 0 Å². The van der Waals surface area contributed by atoms with E-state index in [0.717, 1.165) is 29.5 Å². The van der Waals surface area contributed by atoms with Gasteiger partial charge in [-0.2, -0.15) is 5.26 Å². The van der Waals surface area contributed by atoms with E-state index < -0.39 is 0 Å². The summed E-state index contributed by atoms with van der Waals surface area (Å²) in [7, 11) is 0. The molecule has 2 aromatic rings. The van der Waals surface area contributed by atoms with Gasteiger partial charge < -0.3 is 10.5 Å². The van der Waals surface area contributed by atoms with Gasteiger partial charge in [-0.05, 0) is 23.3 Å². The van der Waals surface area contributed by atoms with Gasteiger partial charge in [0.05, 0.1) is 5.57 Å². The second-order valence-electron chi connectivity index (χ2n) is 6.45. The van der Waals surface area contributed by atoms with Crippen LogP contribution in [0, 0.1) is 11.3 Å². The number of nitrogens with two attached hydrogens (primary N) is 1. The molecule has 0 saturated carbocycles. The van der Waals surface area contributed by atoms with Gasteiger partial charge in [0.15, 0.2) is 0 Å². The molecule has 0 amide bonds. The quantitative estimate of drug-likeness (QED) is 0.728. The minimum Gasteiger partial charge on any atom is -0.440 e. The normalized spacial score (nSPS) is 16.6. The molecule has 0 fully saturated rings. The highest BCUT2D eigenvalue weighted by atomic mass is 16.5. The average Bonchev–Trinajstić information content (AvgIpc) is 2.60. The SMILES string of the molecule is CCCCCCC[C@@H]1C(C#N)=C(N)Oc2ccc3ccccc3c21. The third-order valence-corrected chi connectivity index (χ3v) is 4.83. The van der Waals surface area contributed by atoms with Gasteiger partial charge >= 0.3 is 0 Å². The Morgan fingerprint density at radius 1 is 1.08 bits per heavy atom. The molecule has 1 aliphatic heterocycles. The first-order valence-corrected chi connectivity index (χ1v) is 8.85. The topological polar surface area (TPSA) is 59.0 Å². The number of ether oxygens (including phenoxy) is 1. The fourth-order valence-electron chi connectivity index (χ4n) is 3.59.